The fourth-order valence-electron chi connectivity index (χ4n) is 1.88. The largest absolute Gasteiger partial charge is 0.477 e. The van der Waals surface area contributed by atoms with E-state index >= 15 is 0 Å². The Kier molecular flexibility index (Phi) is 3.48. The lowest BCUT2D eigenvalue weighted by atomic mass is 10.1. The normalized spacial score (nSPS) is 10.9. The molecule has 0 radical (unpaired) electrons. The Hall–Kier alpha value is -2.01. The number of aromatic nitrogens is 2. The van der Waals surface area contributed by atoms with Crippen molar-refractivity contribution >= 4 is 17.6 Å². The zero-order valence-electron chi connectivity index (χ0n) is 10.5. The summed E-state index contributed by atoms with van der Waals surface area (Å²) in [6, 6.07) is 6.65. The molecule has 2 rings (SSSR count). The zero-order chi connectivity index (χ0) is 14.2. The topological polar surface area (TPSA) is 75.1 Å². The molecule has 2 N–H and O–H groups in total. The number of halogens is 1. The summed E-state index contributed by atoms with van der Waals surface area (Å²) in [6.45, 7) is 3.64. The molecule has 100 valence electrons. The second-order valence-corrected chi connectivity index (χ2v) is 4.92. The first-order valence-corrected chi connectivity index (χ1v) is 6.13. The fourth-order valence-corrected chi connectivity index (χ4v) is 2.06. The average molecular weight is 281 g/mol. The molecule has 1 heterocycles. The van der Waals surface area contributed by atoms with Crippen molar-refractivity contribution < 1.29 is 9.90 Å². The molecule has 0 bridgehead atoms. The van der Waals surface area contributed by atoms with Crippen LogP contribution in [0.25, 0.3) is 5.69 Å². The molecule has 0 amide bonds. The van der Waals surface area contributed by atoms with Crippen molar-refractivity contribution in [2.75, 3.05) is 0 Å². The van der Waals surface area contributed by atoms with Gasteiger partial charge in [-0.15, -0.1) is 0 Å². The third-order valence-electron chi connectivity index (χ3n) is 2.78. The standard InChI is InChI=1S/C13H13ClN2O3/c1-7(2)11-10(13(18)19)12(17)16(15-11)9-5-3-4-8(14)6-9/h3-7,15H,1-2H3,(H,18,19). The number of rotatable bonds is 3. The van der Waals surface area contributed by atoms with Gasteiger partial charge in [-0.25, -0.2) is 9.48 Å². The number of aromatic amines is 1. The van der Waals surface area contributed by atoms with Crippen LogP contribution in [-0.2, 0) is 0 Å². The SMILES string of the molecule is CC(C)c1[nH]n(-c2cccc(Cl)c2)c(=O)c1C(=O)O. The van der Waals surface area contributed by atoms with E-state index in [-0.39, 0.29) is 11.5 Å². The van der Waals surface area contributed by atoms with Crippen molar-refractivity contribution in [3.05, 3.63) is 50.9 Å². The minimum absolute atomic E-state index is 0.0979. The van der Waals surface area contributed by atoms with Crippen LogP contribution in [0.5, 0.6) is 0 Å². The first-order valence-electron chi connectivity index (χ1n) is 5.76. The molecular formula is C13H13ClN2O3. The highest BCUT2D eigenvalue weighted by Gasteiger charge is 2.22. The lowest BCUT2D eigenvalue weighted by molar-refractivity contribution is 0.0694. The summed E-state index contributed by atoms with van der Waals surface area (Å²) in [5.41, 5.74) is 0.0952. The van der Waals surface area contributed by atoms with Crippen LogP contribution >= 0.6 is 11.6 Å². The molecule has 0 fully saturated rings. The summed E-state index contributed by atoms with van der Waals surface area (Å²) in [4.78, 5) is 23.4. The molecule has 0 unspecified atom stereocenters. The molecule has 2 aromatic rings. The Bertz CT molecular complexity index is 685. The van der Waals surface area contributed by atoms with E-state index in [0.29, 0.717) is 16.4 Å². The highest BCUT2D eigenvalue weighted by Crippen LogP contribution is 2.18. The lowest BCUT2D eigenvalue weighted by Crippen LogP contribution is -2.20. The van der Waals surface area contributed by atoms with Crippen molar-refractivity contribution in [2.45, 2.75) is 19.8 Å². The van der Waals surface area contributed by atoms with Gasteiger partial charge in [-0.1, -0.05) is 31.5 Å². The number of carboxylic acid groups (broad SMARTS) is 1. The van der Waals surface area contributed by atoms with E-state index in [1.54, 1.807) is 24.3 Å². The molecule has 0 aliphatic heterocycles. The van der Waals surface area contributed by atoms with Crippen molar-refractivity contribution in [2.24, 2.45) is 0 Å². The number of nitrogens with zero attached hydrogens (tertiary/aromatic N) is 1. The summed E-state index contributed by atoms with van der Waals surface area (Å²) < 4.78 is 1.20. The molecule has 0 aliphatic rings. The van der Waals surface area contributed by atoms with Crippen LogP contribution in [0.3, 0.4) is 0 Å². The van der Waals surface area contributed by atoms with Gasteiger partial charge in [0.15, 0.2) is 0 Å². The highest BCUT2D eigenvalue weighted by molar-refractivity contribution is 6.30. The Morgan fingerprint density at radius 3 is 2.58 bits per heavy atom. The predicted octanol–water partition coefficient (Wildman–Crippen LogP) is 2.64. The van der Waals surface area contributed by atoms with Crippen LogP contribution in [0.15, 0.2) is 29.1 Å². The molecular weight excluding hydrogens is 268 g/mol. The first-order chi connectivity index (χ1) is 8.91. The van der Waals surface area contributed by atoms with Gasteiger partial charge < -0.3 is 5.11 Å². The average Bonchev–Trinajstić information content (AvgIpc) is 2.67. The van der Waals surface area contributed by atoms with Crippen molar-refractivity contribution in [3.8, 4) is 5.69 Å². The fraction of sp³-hybridized carbons (Fsp3) is 0.231. The van der Waals surface area contributed by atoms with Gasteiger partial charge in [-0.2, -0.15) is 0 Å². The monoisotopic (exact) mass is 280 g/mol. The molecule has 5 nitrogen and oxygen atoms in total. The number of hydrogen-bond donors (Lipinski definition) is 2. The van der Waals surface area contributed by atoms with E-state index in [4.69, 9.17) is 16.7 Å². The van der Waals surface area contributed by atoms with Crippen molar-refractivity contribution in [1.82, 2.24) is 9.78 Å². The Labute approximate surface area is 114 Å². The van der Waals surface area contributed by atoms with Crippen LogP contribution in [0, 0.1) is 0 Å². The van der Waals surface area contributed by atoms with E-state index in [9.17, 15) is 9.59 Å². The van der Waals surface area contributed by atoms with Crippen LogP contribution in [0.2, 0.25) is 5.02 Å². The number of benzene rings is 1. The number of carboxylic acids is 1. The molecule has 0 saturated carbocycles. The molecule has 0 aliphatic carbocycles. The zero-order valence-corrected chi connectivity index (χ0v) is 11.2. The third kappa shape index (κ3) is 2.42. The van der Waals surface area contributed by atoms with Gasteiger partial charge in [0, 0.05) is 5.02 Å². The Morgan fingerprint density at radius 1 is 1.42 bits per heavy atom. The summed E-state index contributed by atoms with van der Waals surface area (Å²) >= 11 is 5.87. The second-order valence-electron chi connectivity index (χ2n) is 4.48. The maximum atomic E-state index is 12.2. The highest BCUT2D eigenvalue weighted by atomic mass is 35.5. The molecule has 6 heteroatoms. The van der Waals surface area contributed by atoms with Gasteiger partial charge in [-0.05, 0) is 24.1 Å². The van der Waals surface area contributed by atoms with Crippen molar-refractivity contribution in [1.29, 1.82) is 0 Å². The van der Waals surface area contributed by atoms with Gasteiger partial charge in [-0.3, -0.25) is 9.89 Å². The molecule has 1 aromatic carbocycles. The summed E-state index contributed by atoms with van der Waals surface area (Å²) in [6.07, 6.45) is 0. The first kappa shape index (κ1) is 13.4. The molecule has 0 atom stereocenters. The molecule has 19 heavy (non-hydrogen) atoms. The van der Waals surface area contributed by atoms with E-state index in [1.165, 1.54) is 4.68 Å². The number of aromatic carboxylic acids is 1. The van der Waals surface area contributed by atoms with Crippen LogP contribution in [-0.4, -0.2) is 20.9 Å². The van der Waals surface area contributed by atoms with E-state index in [2.05, 4.69) is 5.10 Å². The molecule has 1 aromatic heterocycles. The minimum atomic E-state index is -1.23. The van der Waals surface area contributed by atoms with Crippen molar-refractivity contribution in [3.63, 3.8) is 0 Å². The molecule has 0 saturated heterocycles. The summed E-state index contributed by atoms with van der Waals surface area (Å²) in [5, 5.41) is 12.5. The van der Waals surface area contributed by atoms with Crippen LogP contribution < -0.4 is 5.56 Å². The number of H-pyrrole nitrogens is 1. The number of nitrogens with one attached hydrogen (secondary N) is 1. The van der Waals surface area contributed by atoms with E-state index < -0.39 is 11.5 Å². The third-order valence-corrected chi connectivity index (χ3v) is 3.01. The van der Waals surface area contributed by atoms with Crippen LogP contribution in [0.4, 0.5) is 0 Å². The van der Waals surface area contributed by atoms with Gasteiger partial charge in [0.05, 0.1) is 11.4 Å². The van der Waals surface area contributed by atoms with Gasteiger partial charge in [0.25, 0.3) is 5.56 Å². The van der Waals surface area contributed by atoms with Gasteiger partial charge in [0.2, 0.25) is 0 Å². The molecule has 0 spiro atoms. The second kappa shape index (κ2) is 4.93. The van der Waals surface area contributed by atoms with Crippen LogP contribution in [0.1, 0.15) is 35.8 Å². The van der Waals surface area contributed by atoms with E-state index in [1.807, 2.05) is 13.8 Å². The summed E-state index contributed by atoms with van der Waals surface area (Å²) in [5.74, 6) is -1.33. The van der Waals surface area contributed by atoms with Gasteiger partial charge >= 0.3 is 5.97 Å². The Morgan fingerprint density at radius 2 is 2.11 bits per heavy atom. The Balaban J connectivity index is 2.70. The van der Waals surface area contributed by atoms with E-state index in [0.717, 1.165) is 0 Å². The predicted molar refractivity (Wildman–Crippen MR) is 72.4 cm³/mol. The number of carbonyl (C=O) groups is 1. The minimum Gasteiger partial charge on any atom is -0.477 e. The maximum Gasteiger partial charge on any atom is 0.343 e. The summed E-state index contributed by atoms with van der Waals surface area (Å²) in [7, 11) is 0. The lowest BCUT2D eigenvalue weighted by Gasteiger charge is -2.04. The van der Waals surface area contributed by atoms with Gasteiger partial charge in [0.1, 0.15) is 5.56 Å². The maximum absolute atomic E-state index is 12.2. The quantitative estimate of drug-likeness (QED) is 0.907. The number of hydrogen-bond acceptors (Lipinski definition) is 2. The smallest absolute Gasteiger partial charge is 0.343 e.